The average Bonchev–Trinajstić information content (AvgIpc) is 3.61. The summed E-state index contributed by atoms with van der Waals surface area (Å²) in [5.74, 6) is -8.51. The molecule has 56 heavy (non-hydrogen) atoms. The van der Waals surface area contributed by atoms with E-state index in [9.17, 15) is 40.3 Å². The second-order valence-corrected chi connectivity index (χ2v) is 16.8. The summed E-state index contributed by atoms with van der Waals surface area (Å²) >= 11 is 0. The van der Waals surface area contributed by atoms with Crippen molar-refractivity contribution in [2.45, 2.75) is 49.5 Å². The molecule has 2 aliphatic carbocycles. The first-order valence-corrected chi connectivity index (χ1v) is 19.3. The maximum absolute atomic E-state index is 15.4. The highest BCUT2D eigenvalue weighted by atomic mass is 32.2. The van der Waals surface area contributed by atoms with E-state index in [0.717, 1.165) is 18.4 Å². The maximum atomic E-state index is 15.4. The number of hydrogen-bond donors (Lipinski definition) is 3. The smallest absolute Gasteiger partial charge is 0.386 e. The van der Waals surface area contributed by atoms with Gasteiger partial charge in [0.25, 0.3) is 18.1 Å². The fourth-order valence-corrected chi connectivity index (χ4v) is 8.69. The fraction of sp³-hybridized carbons (Fsp3) is 0.417. The number of β-amino-alcohol motifs (C(OH)–C–C–N with tert-alkyl or cyclic N) is 1. The molecule has 1 amide bonds. The van der Waals surface area contributed by atoms with Crippen LogP contribution in [-0.4, -0.2) is 88.5 Å². The van der Waals surface area contributed by atoms with Crippen molar-refractivity contribution in [2.24, 2.45) is 24.0 Å². The summed E-state index contributed by atoms with van der Waals surface area (Å²) in [6, 6.07) is 7.06. The Labute approximate surface area is 314 Å². The fourth-order valence-electron chi connectivity index (χ4n) is 8.19. The lowest BCUT2D eigenvalue weighted by Gasteiger charge is -2.45. The largest absolute Gasteiger partial charge is 0.420 e. The minimum Gasteiger partial charge on any atom is -0.386 e. The molecule has 1 unspecified atom stereocenters. The van der Waals surface area contributed by atoms with E-state index in [1.807, 2.05) is 0 Å². The average molecular weight is 808 g/mol. The minimum atomic E-state index is -4.98. The summed E-state index contributed by atoms with van der Waals surface area (Å²) in [6.07, 6.45) is -4.47. The van der Waals surface area contributed by atoms with Gasteiger partial charge in [-0.15, -0.1) is 0 Å². The van der Waals surface area contributed by atoms with Crippen molar-refractivity contribution in [3.63, 3.8) is 0 Å². The van der Waals surface area contributed by atoms with Gasteiger partial charge < -0.3 is 15.3 Å². The zero-order valence-corrected chi connectivity index (χ0v) is 30.7. The Morgan fingerprint density at radius 3 is 2.43 bits per heavy atom. The third kappa shape index (κ3) is 6.75. The van der Waals surface area contributed by atoms with Gasteiger partial charge in [0, 0.05) is 54.2 Å². The molecule has 20 heteroatoms. The Bertz CT molecular complexity index is 2470. The van der Waals surface area contributed by atoms with Gasteiger partial charge in [-0.2, -0.15) is 27.1 Å². The Hall–Kier alpha value is -5.11. The molecular weight excluding hydrogens is 774 g/mol. The number of sulfonamides is 1. The van der Waals surface area contributed by atoms with E-state index in [2.05, 4.69) is 20.3 Å². The molecule has 1 saturated heterocycles. The van der Waals surface area contributed by atoms with Gasteiger partial charge in [-0.3, -0.25) is 14.2 Å². The number of allylic oxidation sites excluding steroid dienone is 1. The number of aromatic nitrogens is 3. The van der Waals surface area contributed by atoms with E-state index in [1.165, 1.54) is 4.68 Å². The van der Waals surface area contributed by atoms with Gasteiger partial charge in [0.2, 0.25) is 16.1 Å². The molecule has 0 spiro atoms. The third-order valence-electron chi connectivity index (χ3n) is 10.4. The Balaban J connectivity index is 1.24. The van der Waals surface area contributed by atoms with Gasteiger partial charge in [0.05, 0.1) is 29.1 Å². The number of para-hydroxylation sites is 1. The SMILES string of the molecule is Cn1nc(NS(C)(=O)=O)c2cccc(-c3ccc(N4CC(C)(O)C4)nc3[C@H](Cc3cc(F)cc(F)c3)NC(=O)C[N+]3=NC(C(F)(F)F)C4=C3C(F)(F)[C@@H]3C[C@H]43)c21. The number of benzene rings is 2. The molecule has 4 aliphatic rings. The van der Waals surface area contributed by atoms with Crippen LogP contribution in [0.4, 0.5) is 42.4 Å². The van der Waals surface area contributed by atoms with Crippen LogP contribution in [0.15, 0.2) is 64.9 Å². The molecule has 0 bridgehead atoms. The minimum absolute atomic E-state index is 0.0161. The highest BCUT2D eigenvalue weighted by molar-refractivity contribution is 7.92. The van der Waals surface area contributed by atoms with Crippen molar-refractivity contribution in [2.75, 3.05) is 35.5 Å². The molecule has 3 N–H and O–H groups in total. The van der Waals surface area contributed by atoms with Crippen LogP contribution in [0.3, 0.4) is 0 Å². The zero-order valence-electron chi connectivity index (χ0n) is 29.9. The second kappa shape index (κ2) is 12.7. The van der Waals surface area contributed by atoms with Crippen LogP contribution < -0.4 is 14.9 Å². The van der Waals surface area contributed by atoms with Crippen LogP contribution in [0.5, 0.6) is 0 Å². The van der Waals surface area contributed by atoms with Gasteiger partial charge in [-0.25, -0.2) is 22.2 Å². The first kappa shape index (κ1) is 37.8. The summed E-state index contributed by atoms with van der Waals surface area (Å²) in [7, 11) is -2.20. The molecule has 8 rings (SSSR count). The van der Waals surface area contributed by atoms with E-state index in [4.69, 9.17) is 4.98 Å². The lowest BCUT2D eigenvalue weighted by atomic mass is 9.93. The molecule has 4 atom stereocenters. The number of alkyl halides is 5. The number of fused-ring (bicyclic) bond motifs is 3. The predicted molar refractivity (Wildman–Crippen MR) is 187 cm³/mol. The van der Waals surface area contributed by atoms with Crippen molar-refractivity contribution in [1.29, 1.82) is 0 Å². The lowest BCUT2D eigenvalue weighted by molar-refractivity contribution is -0.549. The number of amides is 1. The molecular formula is C36H34F7N8O4S+. The number of pyridine rings is 1. The molecule has 1 saturated carbocycles. The van der Waals surface area contributed by atoms with Crippen molar-refractivity contribution in [3.05, 3.63) is 82.7 Å². The number of halogens is 7. The number of azo groups is 2. The van der Waals surface area contributed by atoms with Crippen molar-refractivity contribution >= 4 is 38.5 Å². The molecule has 296 valence electrons. The van der Waals surface area contributed by atoms with E-state index in [0.29, 0.717) is 38.6 Å². The number of nitrogens with one attached hydrogen (secondary N) is 2. The van der Waals surface area contributed by atoms with Gasteiger partial charge in [0.15, 0.2) is 5.82 Å². The Morgan fingerprint density at radius 2 is 1.79 bits per heavy atom. The topological polar surface area (TPSA) is 145 Å². The molecule has 2 aromatic heterocycles. The van der Waals surface area contributed by atoms with Gasteiger partial charge in [0.1, 0.15) is 17.5 Å². The lowest BCUT2D eigenvalue weighted by Crippen LogP contribution is -2.60. The summed E-state index contributed by atoms with van der Waals surface area (Å²) in [6.45, 7) is 0.938. The van der Waals surface area contributed by atoms with E-state index >= 15 is 8.78 Å². The summed E-state index contributed by atoms with van der Waals surface area (Å²) < 4.78 is 131. The number of anilines is 2. The number of aliphatic hydroxyl groups is 1. The van der Waals surface area contributed by atoms with Crippen LogP contribution in [0.2, 0.25) is 0 Å². The normalized spacial score (nSPS) is 22.7. The van der Waals surface area contributed by atoms with Crippen LogP contribution in [0.25, 0.3) is 22.0 Å². The number of carbonyl (C=O) groups excluding carboxylic acids is 1. The summed E-state index contributed by atoms with van der Waals surface area (Å²) in [5, 5.41) is 21.4. The Morgan fingerprint density at radius 1 is 1.09 bits per heavy atom. The third-order valence-corrected chi connectivity index (χ3v) is 11.0. The van der Waals surface area contributed by atoms with Gasteiger partial charge >= 0.3 is 12.1 Å². The highest BCUT2D eigenvalue weighted by Crippen LogP contribution is 2.66. The molecule has 2 aliphatic heterocycles. The van der Waals surface area contributed by atoms with Crippen LogP contribution in [-0.2, 0) is 28.3 Å². The van der Waals surface area contributed by atoms with Gasteiger partial charge in [-0.1, -0.05) is 16.8 Å². The number of rotatable bonds is 10. The van der Waals surface area contributed by atoms with Crippen LogP contribution in [0, 0.1) is 23.5 Å². The van der Waals surface area contributed by atoms with Crippen molar-refractivity contribution < 1.29 is 53.7 Å². The number of carbonyl (C=O) groups is 1. The number of aryl methyl sites for hydroxylation is 1. The number of nitrogens with zero attached hydrogens (tertiary/aromatic N) is 6. The summed E-state index contributed by atoms with van der Waals surface area (Å²) in [4.78, 5) is 20.5. The summed E-state index contributed by atoms with van der Waals surface area (Å²) in [5.41, 5.74) is -1.20. The van der Waals surface area contributed by atoms with Crippen LogP contribution in [0.1, 0.15) is 30.6 Å². The highest BCUT2D eigenvalue weighted by Gasteiger charge is 2.75. The molecule has 4 aromatic rings. The number of hydrogen-bond acceptors (Lipinski definition) is 8. The van der Waals surface area contributed by atoms with Crippen molar-refractivity contribution in [3.8, 4) is 11.1 Å². The molecule has 2 aromatic carbocycles. The quantitative estimate of drug-likeness (QED) is 0.148. The molecule has 4 heterocycles. The molecule has 12 nitrogen and oxygen atoms in total. The standard InChI is InChI=1S/C36H33F7N8O4S/c1-34(53)15-50(16-34)26-8-7-20(21-5-4-6-22-30(21)49(2)47-33(22)48-56(3,54)55)29(45-26)25(11-17-9-18(37)12-19(38)10-17)44-27(52)14-51-32-28(31(46-51)36(41,42)43)23-13-24(23)35(32,39)40/h4-10,12,23-25,31,53H,11,13-16H2,1-3H3,(H-,44,47,48,52)/p+1/t23-,24+,25-,31?/m0/s1. The Kier molecular flexibility index (Phi) is 8.57. The molecule has 2 fully saturated rings. The van der Waals surface area contributed by atoms with Crippen LogP contribution >= 0.6 is 0 Å². The zero-order chi connectivity index (χ0) is 40.3. The van der Waals surface area contributed by atoms with E-state index < -0.39 is 87.0 Å². The maximum Gasteiger partial charge on any atom is 0.420 e. The second-order valence-electron chi connectivity index (χ2n) is 15.1. The van der Waals surface area contributed by atoms with E-state index in [-0.39, 0.29) is 43.0 Å². The first-order valence-electron chi connectivity index (χ1n) is 17.4. The molecule has 0 radical (unpaired) electrons. The monoisotopic (exact) mass is 807 g/mol. The van der Waals surface area contributed by atoms with E-state index in [1.54, 1.807) is 49.2 Å². The van der Waals surface area contributed by atoms with Crippen molar-refractivity contribution in [1.82, 2.24) is 20.1 Å². The predicted octanol–water partition coefficient (Wildman–Crippen LogP) is 5.20. The van der Waals surface area contributed by atoms with Gasteiger partial charge in [-0.05, 0) is 66.7 Å². The first-order chi connectivity index (χ1) is 26.1.